The van der Waals surface area contributed by atoms with Crippen molar-refractivity contribution in [2.75, 3.05) is 25.5 Å². The van der Waals surface area contributed by atoms with Gasteiger partial charge in [-0.15, -0.1) is 0 Å². The lowest BCUT2D eigenvalue weighted by molar-refractivity contribution is 0.0695. The van der Waals surface area contributed by atoms with Gasteiger partial charge in [0.25, 0.3) is 0 Å². The topological polar surface area (TPSA) is 48.4 Å². The van der Waals surface area contributed by atoms with Crippen LogP contribution in [0.1, 0.15) is 25.3 Å². The van der Waals surface area contributed by atoms with Crippen LogP contribution in [-0.4, -0.2) is 41.2 Å². The van der Waals surface area contributed by atoms with Gasteiger partial charge in [-0.25, -0.2) is 4.98 Å². The molecule has 1 saturated heterocycles. The highest BCUT2D eigenvalue weighted by Crippen LogP contribution is 2.21. The molecule has 100 valence electrons. The van der Waals surface area contributed by atoms with Crippen LogP contribution in [0.5, 0.6) is 0 Å². The molecule has 0 bridgehead atoms. The van der Waals surface area contributed by atoms with Crippen LogP contribution in [0.2, 0.25) is 0 Å². The average Bonchev–Trinajstić information content (AvgIpc) is 2.40. The molecule has 1 aliphatic rings. The molecule has 1 aromatic rings. The molecule has 2 heterocycles. The monoisotopic (exact) mass is 249 g/mol. The number of hydrogen-bond donors (Lipinski definition) is 2. The van der Waals surface area contributed by atoms with Gasteiger partial charge in [0.1, 0.15) is 5.82 Å². The van der Waals surface area contributed by atoms with Crippen LogP contribution in [0.4, 0.5) is 5.82 Å². The quantitative estimate of drug-likeness (QED) is 0.853. The molecule has 1 aromatic heterocycles. The van der Waals surface area contributed by atoms with E-state index in [0.29, 0.717) is 5.92 Å². The molecule has 0 amide bonds. The molecule has 0 saturated carbocycles. The Morgan fingerprint density at radius 1 is 1.44 bits per heavy atom. The van der Waals surface area contributed by atoms with Crippen molar-refractivity contribution in [2.24, 2.45) is 5.92 Å². The number of piperidine rings is 1. The molecule has 1 aliphatic heterocycles. The van der Waals surface area contributed by atoms with Crippen LogP contribution in [0.25, 0.3) is 0 Å². The summed E-state index contributed by atoms with van der Waals surface area (Å²) in [6.07, 6.45) is 3.97. The first-order valence-electron chi connectivity index (χ1n) is 6.72. The Hall–Kier alpha value is -1.13. The SMILES string of the molecule is CNc1ccc(CN2CCC(C(C)O)CC2)cn1. The second-order valence-electron chi connectivity index (χ2n) is 5.16. The van der Waals surface area contributed by atoms with Gasteiger partial charge in [-0.2, -0.15) is 0 Å². The summed E-state index contributed by atoms with van der Waals surface area (Å²) in [5.41, 5.74) is 1.25. The number of aromatic nitrogens is 1. The molecular formula is C14H23N3O. The van der Waals surface area contributed by atoms with E-state index in [4.69, 9.17) is 0 Å². The Labute approximate surface area is 109 Å². The highest BCUT2D eigenvalue weighted by molar-refractivity contribution is 5.34. The molecule has 4 nitrogen and oxygen atoms in total. The normalized spacial score (nSPS) is 19.7. The molecule has 0 aliphatic carbocycles. The Morgan fingerprint density at radius 2 is 2.17 bits per heavy atom. The maximum Gasteiger partial charge on any atom is 0.125 e. The van der Waals surface area contributed by atoms with Gasteiger partial charge < -0.3 is 10.4 Å². The summed E-state index contributed by atoms with van der Waals surface area (Å²) < 4.78 is 0. The summed E-state index contributed by atoms with van der Waals surface area (Å²) in [6, 6.07) is 4.14. The summed E-state index contributed by atoms with van der Waals surface area (Å²) in [5.74, 6) is 1.39. The largest absolute Gasteiger partial charge is 0.393 e. The van der Waals surface area contributed by atoms with Crippen LogP contribution >= 0.6 is 0 Å². The fraction of sp³-hybridized carbons (Fsp3) is 0.643. The summed E-state index contributed by atoms with van der Waals surface area (Å²) in [7, 11) is 1.88. The second-order valence-corrected chi connectivity index (χ2v) is 5.16. The highest BCUT2D eigenvalue weighted by Gasteiger charge is 2.22. The van der Waals surface area contributed by atoms with Gasteiger partial charge in [0.05, 0.1) is 6.10 Å². The van der Waals surface area contributed by atoms with E-state index >= 15 is 0 Å². The Bertz CT molecular complexity index is 356. The molecule has 0 aromatic carbocycles. The van der Waals surface area contributed by atoms with Gasteiger partial charge in [-0.1, -0.05) is 6.07 Å². The fourth-order valence-electron chi connectivity index (χ4n) is 2.52. The number of pyridine rings is 1. The molecular weight excluding hydrogens is 226 g/mol. The van der Waals surface area contributed by atoms with Crippen LogP contribution in [0, 0.1) is 5.92 Å². The first kappa shape index (κ1) is 13.3. The van der Waals surface area contributed by atoms with E-state index in [1.54, 1.807) is 0 Å². The van der Waals surface area contributed by atoms with E-state index in [2.05, 4.69) is 21.3 Å². The van der Waals surface area contributed by atoms with E-state index in [9.17, 15) is 5.11 Å². The van der Waals surface area contributed by atoms with Crippen LogP contribution < -0.4 is 5.32 Å². The van der Waals surface area contributed by atoms with Crippen molar-refractivity contribution in [2.45, 2.75) is 32.4 Å². The zero-order chi connectivity index (χ0) is 13.0. The lowest BCUT2D eigenvalue weighted by Gasteiger charge is -2.33. The van der Waals surface area contributed by atoms with Crippen molar-refractivity contribution in [3.8, 4) is 0 Å². The van der Waals surface area contributed by atoms with Gasteiger partial charge >= 0.3 is 0 Å². The van der Waals surface area contributed by atoms with E-state index in [1.807, 2.05) is 26.2 Å². The summed E-state index contributed by atoms with van der Waals surface area (Å²) >= 11 is 0. The minimum Gasteiger partial charge on any atom is -0.393 e. The average molecular weight is 249 g/mol. The van der Waals surface area contributed by atoms with Crippen LogP contribution in [0.15, 0.2) is 18.3 Å². The predicted molar refractivity (Wildman–Crippen MR) is 73.5 cm³/mol. The molecule has 0 spiro atoms. The molecule has 1 atom stereocenters. The van der Waals surface area contributed by atoms with E-state index in [1.165, 1.54) is 5.56 Å². The van der Waals surface area contributed by atoms with E-state index in [0.717, 1.165) is 38.3 Å². The minimum absolute atomic E-state index is 0.163. The maximum atomic E-state index is 9.58. The standard InChI is InChI=1S/C14H23N3O/c1-11(18)13-5-7-17(8-6-13)10-12-3-4-14(15-2)16-9-12/h3-4,9,11,13,18H,5-8,10H2,1-2H3,(H,15,16). The Balaban J connectivity index is 1.83. The third-order valence-electron chi connectivity index (χ3n) is 3.80. The number of likely N-dealkylation sites (tertiary alicyclic amines) is 1. The van der Waals surface area contributed by atoms with Crippen molar-refractivity contribution in [3.63, 3.8) is 0 Å². The van der Waals surface area contributed by atoms with Gasteiger partial charge in [0, 0.05) is 19.8 Å². The van der Waals surface area contributed by atoms with Crippen LogP contribution in [-0.2, 0) is 6.54 Å². The smallest absolute Gasteiger partial charge is 0.125 e. The number of aliphatic hydroxyl groups excluding tert-OH is 1. The predicted octanol–water partition coefficient (Wildman–Crippen LogP) is 1.72. The second kappa shape index (κ2) is 6.16. The first-order valence-corrected chi connectivity index (χ1v) is 6.72. The third-order valence-corrected chi connectivity index (χ3v) is 3.80. The highest BCUT2D eigenvalue weighted by atomic mass is 16.3. The fourth-order valence-corrected chi connectivity index (χ4v) is 2.52. The molecule has 4 heteroatoms. The van der Waals surface area contributed by atoms with Crippen molar-refractivity contribution in [1.82, 2.24) is 9.88 Å². The minimum atomic E-state index is -0.163. The van der Waals surface area contributed by atoms with Crippen molar-refractivity contribution in [1.29, 1.82) is 0 Å². The third kappa shape index (κ3) is 3.43. The lowest BCUT2D eigenvalue weighted by Crippen LogP contribution is -2.36. The first-order chi connectivity index (χ1) is 8.69. The van der Waals surface area contributed by atoms with Crippen molar-refractivity contribution < 1.29 is 5.11 Å². The maximum absolute atomic E-state index is 9.58. The number of nitrogens with one attached hydrogen (secondary N) is 1. The molecule has 2 N–H and O–H groups in total. The number of hydrogen-bond acceptors (Lipinski definition) is 4. The van der Waals surface area contributed by atoms with Crippen molar-refractivity contribution >= 4 is 5.82 Å². The van der Waals surface area contributed by atoms with Gasteiger partial charge in [0.15, 0.2) is 0 Å². The molecule has 1 unspecified atom stereocenters. The van der Waals surface area contributed by atoms with Gasteiger partial charge in [-0.3, -0.25) is 4.90 Å². The Morgan fingerprint density at radius 3 is 2.67 bits per heavy atom. The molecule has 1 fully saturated rings. The van der Waals surface area contributed by atoms with Crippen LogP contribution in [0.3, 0.4) is 0 Å². The number of anilines is 1. The number of nitrogens with zero attached hydrogens (tertiary/aromatic N) is 2. The van der Waals surface area contributed by atoms with Crippen molar-refractivity contribution in [3.05, 3.63) is 23.9 Å². The number of aliphatic hydroxyl groups is 1. The zero-order valence-electron chi connectivity index (χ0n) is 11.3. The van der Waals surface area contributed by atoms with E-state index < -0.39 is 0 Å². The summed E-state index contributed by atoms with van der Waals surface area (Å²) in [5, 5.41) is 12.6. The molecule has 0 radical (unpaired) electrons. The molecule has 18 heavy (non-hydrogen) atoms. The van der Waals surface area contributed by atoms with Gasteiger partial charge in [-0.05, 0) is 50.4 Å². The van der Waals surface area contributed by atoms with E-state index in [-0.39, 0.29) is 6.10 Å². The Kier molecular flexibility index (Phi) is 4.55. The van der Waals surface area contributed by atoms with Gasteiger partial charge in [0.2, 0.25) is 0 Å². The summed E-state index contributed by atoms with van der Waals surface area (Å²) in [4.78, 5) is 6.77. The lowest BCUT2D eigenvalue weighted by atomic mass is 9.92. The zero-order valence-corrected chi connectivity index (χ0v) is 11.3. The number of rotatable bonds is 4. The summed E-state index contributed by atoms with van der Waals surface area (Å²) in [6.45, 7) is 5.01. The molecule has 2 rings (SSSR count).